The number of ether oxygens (including phenoxy) is 1. The fourth-order valence-electron chi connectivity index (χ4n) is 3.01. The highest BCUT2D eigenvalue weighted by Gasteiger charge is 2.19. The Kier molecular flexibility index (Phi) is 5.01. The number of carbonyl (C=O) groups excluding carboxylic acids is 3. The lowest BCUT2D eigenvalue weighted by atomic mass is 10.1. The number of anilines is 1. The van der Waals surface area contributed by atoms with Crippen LogP contribution in [-0.2, 0) is 4.74 Å². The van der Waals surface area contributed by atoms with Gasteiger partial charge in [0, 0.05) is 22.2 Å². The number of carbonyl (C=O) groups is 3. The van der Waals surface area contributed by atoms with Crippen LogP contribution >= 0.6 is 11.3 Å². The second-order valence-corrected chi connectivity index (χ2v) is 7.35. The zero-order valence-electron chi connectivity index (χ0n) is 15.4. The summed E-state index contributed by atoms with van der Waals surface area (Å²) in [5, 5.41) is 3.91. The number of ketones is 1. The largest absolute Gasteiger partial charge is 0.459 e. The minimum atomic E-state index is -0.626. The molecule has 1 aromatic carbocycles. The van der Waals surface area contributed by atoms with Gasteiger partial charge in [-0.1, -0.05) is 18.2 Å². The molecule has 0 atom stereocenters. The Bertz CT molecular complexity index is 1200. The van der Waals surface area contributed by atoms with Gasteiger partial charge >= 0.3 is 5.97 Å². The van der Waals surface area contributed by atoms with Gasteiger partial charge in [0.25, 0.3) is 5.91 Å². The van der Waals surface area contributed by atoms with Gasteiger partial charge in [-0.15, -0.1) is 11.3 Å². The Balaban J connectivity index is 1.40. The van der Waals surface area contributed by atoms with Crippen molar-refractivity contribution >= 4 is 44.9 Å². The molecule has 0 aliphatic rings. The molecule has 3 aromatic heterocycles. The van der Waals surface area contributed by atoms with Crippen molar-refractivity contribution in [3.63, 3.8) is 0 Å². The predicted octanol–water partition coefficient (Wildman–Crippen LogP) is 4.42. The lowest BCUT2D eigenvalue weighted by molar-refractivity contribution is 0.0480. The van der Waals surface area contributed by atoms with Crippen molar-refractivity contribution in [3.05, 3.63) is 76.7 Å². The molecular weight excluding hydrogens is 392 g/mol. The minimum Gasteiger partial charge on any atom is -0.459 e. The summed E-state index contributed by atoms with van der Waals surface area (Å²) in [4.78, 5) is 40.3. The van der Waals surface area contributed by atoms with Crippen LogP contribution in [-0.4, -0.2) is 29.3 Å². The van der Waals surface area contributed by atoms with Crippen LogP contribution in [0.3, 0.4) is 0 Å². The summed E-state index contributed by atoms with van der Waals surface area (Å²) in [6.07, 6.45) is 1.40. The van der Waals surface area contributed by atoms with Gasteiger partial charge in [-0.2, -0.15) is 0 Å². The molecule has 3 heterocycles. The predicted molar refractivity (Wildman–Crippen MR) is 109 cm³/mol. The van der Waals surface area contributed by atoms with Crippen LogP contribution in [0.1, 0.15) is 36.3 Å². The van der Waals surface area contributed by atoms with E-state index in [1.54, 1.807) is 12.1 Å². The Morgan fingerprint density at radius 2 is 1.93 bits per heavy atom. The summed E-state index contributed by atoms with van der Waals surface area (Å²) in [5.74, 6) is -1.15. The monoisotopic (exact) mass is 408 g/mol. The van der Waals surface area contributed by atoms with Crippen molar-refractivity contribution in [3.8, 4) is 0 Å². The number of benzene rings is 1. The number of hydrogen-bond acceptors (Lipinski definition) is 6. The number of Topliss-reactive ketones (excluding diaryl/α,β-unsaturated/α-hetero) is 1. The third kappa shape index (κ3) is 3.83. The van der Waals surface area contributed by atoms with E-state index in [2.05, 4.69) is 10.3 Å². The van der Waals surface area contributed by atoms with Gasteiger partial charge in [0.15, 0.2) is 12.4 Å². The number of esters is 1. The molecular formula is C21H16N2O5S. The fourth-order valence-corrected chi connectivity index (χ4v) is 3.80. The van der Waals surface area contributed by atoms with Crippen molar-refractivity contribution in [1.29, 1.82) is 0 Å². The van der Waals surface area contributed by atoms with Gasteiger partial charge in [-0.3, -0.25) is 9.59 Å². The number of thiophene rings is 1. The quantitative estimate of drug-likeness (QED) is 0.363. The molecule has 8 heteroatoms. The van der Waals surface area contributed by atoms with E-state index in [1.165, 1.54) is 18.4 Å². The van der Waals surface area contributed by atoms with E-state index in [9.17, 15) is 14.4 Å². The van der Waals surface area contributed by atoms with Gasteiger partial charge in [-0.25, -0.2) is 4.79 Å². The number of aryl methyl sites for hydroxylation is 1. The summed E-state index contributed by atoms with van der Waals surface area (Å²) in [6.45, 7) is 1.44. The summed E-state index contributed by atoms with van der Waals surface area (Å²) in [7, 11) is 0. The molecule has 0 radical (unpaired) electrons. The van der Waals surface area contributed by atoms with Crippen molar-refractivity contribution < 1.29 is 23.5 Å². The molecule has 2 N–H and O–H groups in total. The Morgan fingerprint density at radius 3 is 2.72 bits per heavy atom. The number of furan rings is 1. The van der Waals surface area contributed by atoms with E-state index >= 15 is 0 Å². The second kappa shape index (κ2) is 7.76. The number of hydrogen-bond donors (Lipinski definition) is 2. The fraction of sp³-hybridized carbons (Fsp3) is 0.0952. The first-order chi connectivity index (χ1) is 14.0. The van der Waals surface area contributed by atoms with Gasteiger partial charge in [0.2, 0.25) is 5.78 Å². The van der Waals surface area contributed by atoms with Crippen LogP contribution < -0.4 is 5.32 Å². The van der Waals surface area contributed by atoms with Crippen molar-refractivity contribution in [1.82, 2.24) is 4.98 Å². The SMILES string of the molecule is Cc1[nH]c2ccccc2c1C(=O)COC(=O)c1ccc(NC(=O)c2ccco2)s1. The minimum absolute atomic E-state index is 0.169. The third-order valence-corrected chi connectivity index (χ3v) is 5.28. The van der Waals surface area contributed by atoms with Gasteiger partial charge < -0.3 is 19.5 Å². The number of nitrogens with one attached hydrogen (secondary N) is 2. The first kappa shape index (κ1) is 18.7. The van der Waals surface area contributed by atoms with Crippen LogP contribution in [0, 0.1) is 6.92 Å². The molecule has 146 valence electrons. The van der Waals surface area contributed by atoms with Crippen molar-refractivity contribution in [2.24, 2.45) is 0 Å². The van der Waals surface area contributed by atoms with E-state index in [-0.39, 0.29) is 23.0 Å². The van der Waals surface area contributed by atoms with Crippen LogP contribution in [0.25, 0.3) is 10.9 Å². The van der Waals surface area contributed by atoms with Crippen LogP contribution in [0.4, 0.5) is 5.00 Å². The average molecular weight is 408 g/mol. The summed E-state index contributed by atoms with van der Waals surface area (Å²) in [5.41, 5.74) is 2.10. The van der Waals surface area contributed by atoms with E-state index < -0.39 is 11.9 Å². The maximum Gasteiger partial charge on any atom is 0.348 e. The lowest BCUT2D eigenvalue weighted by Crippen LogP contribution is -2.14. The number of para-hydroxylation sites is 1. The molecule has 4 rings (SSSR count). The number of fused-ring (bicyclic) bond motifs is 1. The molecule has 7 nitrogen and oxygen atoms in total. The van der Waals surface area contributed by atoms with E-state index in [1.807, 2.05) is 31.2 Å². The van der Waals surface area contributed by atoms with Gasteiger partial charge in [-0.05, 0) is 37.3 Å². The molecule has 1 amide bonds. The van der Waals surface area contributed by atoms with Crippen LogP contribution in [0.15, 0.2) is 59.2 Å². The van der Waals surface area contributed by atoms with Crippen LogP contribution in [0.5, 0.6) is 0 Å². The highest BCUT2D eigenvalue weighted by Crippen LogP contribution is 2.25. The zero-order valence-corrected chi connectivity index (χ0v) is 16.2. The summed E-state index contributed by atoms with van der Waals surface area (Å²) < 4.78 is 10.2. The van der Waals surface area contributed by atoms with Crippen molar-refractivity contribution in [2.75, 3.05) is 11.9 Å². The Hall–Kier alpha value is -3.65. The van der Waals surface area contributed by atoms with E-state index in [0.29, 0.717) is 10.6 Å². The number of amides is 1. The number of aromatic nitrogens is 1. The standard InChI is InChI=1S/C21H16N2O5S/c1-12-19(13-5-2-3-6-14(13)22-12)15(24)11-28-21(26)17-8-9-18(29-17)23-20(25)16-7-4-10-27-16/h2-10,22H,11H2,1H3,(H,23,25). The molecule has 0 fully saturated rings. The lowest BCUT2D eigenvalue weighted by Gasteiger charge is -2.03. The smallest absolute Gasteiger partial charge is 0.348 e. The topological polar surface area (TPSA) is 101 Å². The van der Waals surface area contributed by atoms with Gasteiger partial charge in [0.1, 0.15) is 4.88 Å². The maximum atomic E-state index is 12.6. The molecule has 0 saturated heterocycles. The zero-order chi connectivity index (χ0) is 20.4. The normalized spacial score (nSPS) is 10.8. The molecule has 29 heavy (non-hydrogen) atoms. The molecule has 0 unspecified atom stereocenters. The highest BCUT2D eigenvalue weighted by molar-refractivity contribution is 7.18. The first-order valence-corrected chi connectivity index (χ1v) is 9.57. The Labute approximate surface area is 169 Å². The Morgan fingerprint density at radius 1 is 1.10 bits per heavy atom. The molecule has 0 aliphatic carbocycles. The van der Waals surface area contributed by atoms with E-state index in [4.69, 9.17) is 9.15 Å². The number of aromatic amines is 1. The molecule has 4 aromatic rings. The van der Waals surface area contributed by atoms with Gasteiger partial charge in [0.05, 0.1) is 11.3 Å². The number of H-pyrrole nitrogens is 1. The molecule has 0 aliphatic heterocycles. The molecule has 0 saturated carbocycles. The van der Waals surface area contributed by atoms with Crippen LogP contribution in [0.2, 0.25) is 0 Å². The molecule has 0 bridgehead atoms. The molecule has 0 spiro atoms. The summed E-state index contributed by atoms with van der Waals surface area (Å²) >= 11 is 1.06. The highest BCUT2D eigenvalue weighted by atomic mass is 32.1. The third-order valence-electron chi connectivity index (χ3n) is 4.30. The van der Waals surface area contributed by atoms with Crippen molar-refractivity contribution in [2.45, 2.75) is 6.92 Å². The summed E-state index contributed by atoms with van der Waals surface area (Å²) in [6, 6.07) is 13.7. The average Bonchev–Trinajstić information content (AvgIpc) is 3.44. The first-order valence-electron chi connectivity index (χ1n) is 8.75. The maximum absolute atomic E-state index is 12.6. The van der Waals surface area contributed by atoms with E-state index in [0.717, 1.165) is 27.9 Å². The second-order valence-electron chi connectivity index (χ2n) is 6.27. The number of rotatable bonds is 6.